The summed E-state index contributed by atoms with van der Waals surface area (Å²) in [5, 5.41) is 3.19. The Labute approximate surface area is 179 Å². The van der Waals surface area contributed by atoms with Crippen molar-refractivity contribution in [3.05, 3.63) is 81.2 Å². The maximum absolute atomic E-state index is 12.7. The summed E-state index contributed by atoms with van der Waals surface area (Å²) in [6.45, 7) is 3.21. The summed E-state index contributed by atoms with van der Waals surface area (Å²) < 4.78 is 6.69. The number of aromatic nitrogens is 1. The van der Waals surface area contributed by atoms with Crippen LogP contribution in [0.1, 0.15) is 22.8 Å². The number of carbonyl (C=O) groups excluding carboxylic acids is 2. The molecule has 3 aromatic rings. The number of ketones is 1. The Morgan fingerprint density at radius 3 is 2.40 bits per heavy atom. The summed E-state index contributed by atoms with van der Waals surface area (Å²) in [5.74, 6) is -0.157. The summed E-state index contributed by atoms with van der Waals surface area (Å²) in [5.41, 5.74) is 2.68. The lowest BCUT2D eigenvalue weighted by atomic mass is 9.97. The molecule has 0 atom stereocenters. The lowest BCUT2D eigenvalue weighted by molar-refractivity contribution is -0.116. The minimum absolute atomic E-state index is 0.162. The number of rotatable bonds is 6. The molecule has 1 amide bonds. The van der Waals surface area contributed by atoms with Gasteiger partial charge < -0.3 is 14.6 Å². The summed E-state index contributed by atoms with van der Waals surface area (Å²) in [6.07, 6.45) is 1.46. The Bertz CT molecular complexity index is 1170. The van der Waals surface area contributed by atoms with Gasteiger partial charge in [-0.2, -0.15) is 0 Å². The average molecular weight is 425 g/mol. The predicted octanol–water partition coefficient (Wildman–Crippen LogP) is 4.33. The van der Waals surface area contributed by atoms with Gasteiger partial charge in [-0.15, -0.1) is 0 Å². The molecule has 0 radical (unpaired) electrons. The number of amides is 1. The van der Waals surface area contributed by atoms with Gasteiger partial charge in [-0.25, -0.2) is 0 Å². The highest BCUT2D eigenvalue weighted by molar-refractivity contribution is 6.31. The molecule has 6 nitrogen and oxygen atoms in total. The highest BCUT2D eigenvalue weighted by Crippen LogP contribution is 2.33. The van der Waals surface area contributed by atoms with E-state index >= 15 is 0 Å². The number of nitrogens with zero attached hydrogens (tertiary/aromatic N) is 1. The van der Waals surface area contributed by atoms with Crippen molar-refractivity contribution >= 4 is 29.0 Å². The number of ether oxygens (including phenoxy) is 1. The maximum Gasteiger partial charge on any atom is 0.251 e. The van der Waals surface area contributed by atoms with Crippen LogP contribution in [0, 0.1) is 6.92 Å². The van der Waals surface area contributed by atoms with Crippen LogP contribution in [0.2, 0.25) is 5.02 Å². The Morgan fingerprint density at radius 1 is 1.07 bits per heavy atom. The summed E-state index contributed by atoms with van der Waals surface area (Å²) in [7, 11) is 1.46. The van der Waals surface area contributed by atoms with Gasteiger partial charge in [-0.1, -0.05) is 29.3 Å². The molecule has 0 unspecified atom stereocenters. The minimum atomic E-state index is -0.403. The van der Waals surface area contributed by atoms with Gasteiger partial charge in [0.25, 0.3) is 5.56 Å². The fourth-order valence-electron chi connectivity index (χ4n) is 3.09. The highest BCUT2D eigenvalue weighted by atomic mass is 35.5. The number of anilines is 1. The molecule has 154 valence electrons. The van der Waals surface area contributed by atoms with E-state index in [1.807, 2.05) is 19.1 Å². The molecule has 0 spiro atoms. The van der Waals surface area contributed by atoms with E-state index < -0.39 is 5.56 Å². The average Bonchev–Trinajstić information content (AvgIpc) is 2.70. The monoisotopic (exact) mass is 424 g/mol. The lowest BCUT2D eigenvalue weighted by Gasteiger charge is -2.15. The molecule has 1 aromatic heterocycles. The number of hydrogen-bond acceptors (Lipinski definition) is 4. The van der Waals surface area contributed by atoms with Gasteiger partial charge in [-0.3, -0.25) is 14.4 Å². The number of carbonyl (C=O) groups is 2. The molecule has 1 N–H and O–H groups in total. The Balaban J connectivity index is 1.94. The quantitative estimate of drug-likeness (QED) is 0.597. The van der Waals surface area contributed by atoms with Crippen LogP contribution in [0.5, 0.6) is 5.75 Å². The second kappa shape index (κ2) is 8.97. The van der Waals surface area contributed by atoms with Crippen molar-refractivity contribution in [2.75, 3.05) is 12.4 Å². The number of nitrogens with one attached hydrogen (secondary N) is 1. The molecule has 7 heteroatoms. The van der Waals surface area contributed by atoms with E-state index in [-0.39, 0.29) is 18.2 Å². The number of Topliss-reactive ketones (excluding diaryl/α,β-unsaturated/α-hetero) is 1. The number of benzene rings is 2. The van der Waals surface area contributed by atoms with Crippen molar-refractivity contribution in [2.45, 2.75) is 20.4 Å². The smallest absolute Gasteiger partial charge is 0.251 e. The molecule has 0 saturated carbocycles. The van der Waals surface area contributed by atoms with E-state index in [9.17, 15) is 14.4 Å². The minimum Gasteiger partial charge on any atom is -0.495 e. The van der Waals surface area contributed by atoms with Gasteiger partial charge in [0.05, 0.1) is 13.3 Å². The third-order valence-corrected chi connectivity index (χ3v) is 4.84. The molecular weight excluding hydrogens is 404 g/mol. The third kappa shape index (κ3) is 4.78. The zero-order valence-electron chi connectivity index (χ0n) is 16.9. The molecular formula is C23H21ClN2O4. The SMILES string of the molecule is COc1cn(CC(=O)Nc2ccc(C)cc2)c(=O)cc1-c1cc(Cl)ccc1C(C)=O. The van der Waals surface area contributed by atoms with Crippen LogP contribution in [0.25, 0.3) is 11.1 Å². The highest BCUT2D eigenvalue weighted by Gasteiger charge is 2.17. The molecule has 2 aromatic carbocycles. The molecule has 0 aliphatic carbocycles. The van der Waals surface area contributed by atoms with Crippen molar-refractivity contribution in [3.8, 4) is 16.9 Å². The first-order valence-corrected chi connectivity index (χ1v) is 9.62. The fraction of sp³-hybridized carbons (Fsp3) is 0.174. The first-order chi connectivity index (χ1) is 14.3. The summed E-state index contributed by atoms with van der Waals surface area (Å²) >= 11 is 6.11. The van der Waals surface area contributed by atoms with E-state index in [2.05, 4.69) is 5.32 Å². The van der Waals surface area contributed by atoms with Crippen molar-refractivity contribution in [2.24, 2.45) is 0 Å². The number of pyridine rings is 1. The van der Waals surface area contributed by atoms with Crippen molar-refractivity contribution < 1.29 is 14.3 Å². The number of halogens is 1. The van der Waals surface area contributed by atoms with Crippen LogP contribution in [-0.4, -0.2) is 23.4 Å². The van der Waals surface area contributed by atoms with Gasteiger partial charge >= 0.3 is 0 Å². The Kier molecular flexibility index (Phi) is 6.37. The number of aryl methyl sites for hydroxylation is 1. The third-order valence-electron chi connectivity index (χ3n) is 4.61. The predicted molar refractivity (Wildman–Crippen MR) is 118 cm³/mol. The van der Waals surface area contributed by atoms with E-state index in [1.54, 1.807) is 30.3 Å². The standard InChI is InChI=1S/C23H21ClN2O4/c1-14-4-7-17(8-5-14)25-22(28)13-26-12-21(30-3)20(11-23(26)29)19-10-16(24)6-9-18(19)15(2)27/h4-12H,13H2,1-3H3,(H,25,28). The number of hydrogen-bond donors (Lipinski definition) is 1. The molecule has 1 heterocycles. The zero-order valence-corrected chi connectivity index (χ0v) is 17.6. The van der Waals surface area contributed by atoms with Crippen LogP contribution < -0.4 is 15.6 Å². The largest absolute Gasteiger partial charge is 0.495 e. The topological polar surface area (TPSA) is 77.4 Å². The van der Waals surface area contributed by atoms with Gasteiger partial charge in [0.1, 0.15) is 12.3 Å². The fourth-order valence-corrected chi connectivity index (χ4v) is 3.26. The Morgan fingerprint density at radius 2 is 1.77 bits per heavy atom. The van der Waals surface area contributed by atoms with E-state index in [0.29, 0.717) is 33.1 Å². The molecule has 0 bridgehead atoms. The molecule has 0 aliphatic heterocycles. The lowest BCUT2D eigenvalue weighted by Crippen LogP contribution is -2.27. The second-order valence-electron chi connectivity index (χ2n) is 6.88. The van der Waals surface area contributed by atoms with Crippen LogP contribution >= 0.6 is 11.6 Å². The van der Waals surface area contributed by atoms with Gasteiger partial charge in [0.2, 0.25) is 5.91 Å². The first kappa shape index (κ1) is 21.3. The molecule has 0 saturated heterocycles. The normalized spacial score (nSPS) is 10.5. The summed E-state index contributed by atoms with van der Waals surface area (Å²) in [6, 6.07) is 13.5. The first-order valence-electron chi connectivity index (χ1n) is 9.24. The second-order valence-corrected chi connectivity index (χ2v) is 7.32. The van der Waals surface area contributed by atoms with Crippen molar-refractivity contribution in [1.82, 2.24) is 4.57 Å². The van der Waals surface area contributed by atoms with Crippen LogP contribution in [0.3, 0.4) is 0 Å². The van der Waals surface area contributed by atoms with E-state index in [0.717, 1.165) is 5.56 Å². The number of methoxy groups -OCH3 is 1. The summed E-state index contributed by atoms with van der Waals surface area (Å²) in [4.78, 5) is 37.1. The van der Waals surface area contributed by atoms with E-state index in [1.165, 1.54) is 30.9 Å². The van der Waals surface area contributed by atoms with Crippen LogP contribution in [0.15, 0.2) is 59.5 Å². The molecule has 0 aliphatic rings. The maximum atomic E-state index is 12.7. The van der Waals surface area contributed by atoms with Crippen LogP contribution in [-0.2, 0) is 11.3 Å². The molecule has 3 rings (SSSR count). The van der Waals surface area contributed by atoms with Gasteiger partial charge in [0, 0.05) is 27.9 Å². The van der Waals surface area contributed by atoms with Crippen LogP contribution in [0.4, 0.5) is 5.69 Å². The van der Waals surface area contributed by atoms with E-state index in [4.69, 9.17) is 16.3 Å². The van der Waals surface area contributed by atoms with Crippen molar-refractivity contribution in [3.63, 3.8) is 0 Å². The van der Waals surface area contributed by atoms with Gasteiger partial charge in [0.15, 0.2) is 5.78 Å². The van der Waals surface area contributed by atoms with Crippen molar-refractivity contribution in [1.29, 1.82) is 0 Å². The molecule has 30 heavy (non-hydrogen) atoms. The van der Waals surface area contributed by atoms with Gasteiger partial charge in [-0.05, 0) is 49.7 Å². The molecule has 0 fully saturated rings. The zero-order chi connectivity index (χ0) is 21.8. The Hall–Kier alpha value is -3.38.